The van der Waals surface area contributed by atoms with Crippen LogP contribution in [0, 0.1) is 0 Å². The van der Waals surface area contributed by atoms with Crippen LogP contribution in [-0.4, -0.2) is 43.6 Å². The quantitative estimate of drug-likeness (QED) is 0.595. The van der Waals surface area contributed by atoms with Crippen LogP contribution >= 0.6 is 27.3 Å². The number of nitrogens with one attached hydrogen (secondary N) is 2. The minimum absolute atomic E-state index is 0.731. The van der Waals surface area contributed by atoms with Crippen molar-refractivity contribution in [3.8, 4) is 0 Å². The largest absolute Gasteiger partial charge is 0.357 e. The van der Waals surface area contributed by atoms with Gasteiger partial charge in [0.05, 0.1) is 10.3 Å². The smallest absolute Gasteiger partial charge is 0.191 e. The first-order chi connectivity index (χ1) is 10.3. The van der Waals surface area contributed by atoms with Crippen molar-refractivity contribution in [2.24, 2.45) is 4.99 Å². The summed E-state index contributed by atoms with van der Waals surface area (Å²) in [5.41, 5.74) is 0. The normalized spacial score (nSPS) is 17.0. The van der Waals surface area contributed by atoms with E-state index >= 15 is 0 Å². The monoisotopic (exact) mass is 372 g/mol. The van der Waals surface area contributed by atoms with Crippen molar-refractivity contribution in [2.45, 2.75) is 32.7 Å². The SMILES string of the molecule is CCNC(=NCc1ccc(Br)s1)NCCN1CCCCC1. The Kier molecular flexibility index (Phi) is 7.53. The van der Waals surface area contributed by atoms with Crippen LogP contribution in [0.2, 0.25) is 0 Å². The first-order valence-electron chi connectivity index (χ1n) is 7.76. The maximum atomic E-state index is 4.65. The fourth-order valence-electron chi connectivity index (χ4n) is 2.45. The van der Waals surface area contributed by atoms with Gasteiger partial charge in [-0.05, 0) is 60.9 Å². The molecule has 2 heterocycles. The Morgan fingerprint density at radius 2 is 2.10 bits per heavy atom. The molecule has 4 nitrogen and oxygen atoms in total. The zero-order valence-corrected chi connectivity index (χ0v) is 15.1. The summed E-state index contributed by atoms with van der Waals surface area (Å²) >= 11 is 5.23. The van der Waals surface area contributed by atoms with Crippen molar-refractivity contribution in [1.29, 1.82) is 0 Å². The molecule has 1 aromatic rings. The maximum absolute atomic E-state index is 4.65. The van der Waals surface area contributed by atoms with E-state index in [9.17, 15) is 0 Å². The lowest BCUT2D eigenvalue weighted by atomic mass is 10.1. The molecule has 1 aliphatic heterocycles. The molecule has 0 bridgehead atoms. The average molecular weight is 373 g/mol. The Bertz CT molecular complexity index is 441. The molecule has 0 spiro atoms. The molecule has 1 aliphatic rings. The van der Waals surface area contributed by atoms with E-state index in [1.807, 2.05) is 0 Å². The second-order valence-electron chi connectivity index (χ2n) is 5.23. The van der Waals surface area contributed by atoms with Gasteiger partial charge in [-0.25, -0.2) is 4.99 Å². The zero-order chi connectivity index (χ0) is 14.9. The zero-order valence-electron chi connectivity index (χ0n) is 12.7. The van der Waals surface area contributed by atoms with Crippen LogP contribution in [0.15, 0.2) is 20.9 Å². The second kappa shape index (κ2) is 9.43. The molecule has 21 heavy (non-hydrogen) atoms. The minimum Gasteiger partial charge on any atom is -0.357 e. The van der Waals surface area contributed by atoms with E-state index < -0.39 is 0 Å². The molecule has 0 atom stereocenters. The molecule has 6 heteroatoms. The van der Waals surface area contributed by atoms with E-state index in [0.717, 1.165) is 35.9 Å². The lowest BCUT2D eigenvalue weighted by molar-refractivity contribution is 0.232. The van der Waals surface area contributed by atoms with E-state index in [1.165, 1.54) is 37.2 Å². The van der Waals surface area contributed by atoms with Crippen molar-refractivity contribution >= 4 is 33.2 Å². The molecule has 1 aromatic heterocycles. The Labute approximate surface area is 140 Å². The Balaban J connectivity index is 1.74. The summed E-state index contributed by atoms with van der Waals surface area (Å²) in [6.45, 7) is 8.29. The third-order valence-corrected chi connectivity index (χ3v) is 5.14. The van der Waals surface area contributed by atoms with Gasteiger partial charge in [0.15, 0.2) is 5.96 Å². The standard InChI is InChI=1S/C15H25BrN4S/c1-2-17-15(19-12-13-6-7-14(16)21-13)18-8-11-20-9-4-3-5-10-20/h6-7H,2-5,8-12H2,1H3,(H2,17,18,19). The highest BCUT2D eigenvalue weighted by atomic mass is 79.9. The highest BCUT2D eigenvalue weighted by Crippen LogP contribution is 2.22. The second-order valence-corrected chi connectivity index (χ2v) is 7.78. The number of rotatable bonds is 6. The highest BCUT2D eigenvalue weighted by molar-refractivity contribution is 9.11. The molecule has 0 aliphatic carbocycles. The fourth-order valence-corrected chi connectivity index (χ4v) is 3.86. The van der Waals surface area contributed by atoms with Crippen LogP contribution in [0.1, 0.15) is 31.1 Å². The van der Waals surface area contributed by atoms with Gasteiger partial charge in [0, 0.05) is 24.5 Å². The van der Waals surface area contributed by atoms with Crippen LogP contribution in [0.4, 0.5) is 0 Å². The Morgan fingerprint density at radius 3 is 2.76 bits per heavy atom. The van der Waals surface area contributed by atoms with E-state index in [-0.39, 0.29) is 0 Å². The third-order valence-electron chi connectivity index (χ3n) is 3.54. The van der Waals surface area contributed by atoms with Crippen molar-refractivity contribution in [3.63, 3.8) is 0 Å². The number of hydrogen-bond acceptors (Lipinski definition) is 3. The van der Waals surface area contributed by atoms with Crippen molar-refractivity contribution < 1.29 is 0 Å². The van der Waals surface area contributed by atoms with Gasteiger partial charge >= 0.3 is 0 Å². The first kappa shape index (κ1) is 16.8. The number of nitrogens with zero attached hydrogens (tertiary/aromatic N) is 2. The van der Waals surface area contributed by atoms with Gasteiger partial charge in [0.25, 0.3) is 0 Å². The summed E-state index contributed by atoms with van der Waals surface area (Å²) < 4.78 is 1.16. The number of aliphatic imine (C=N–C) groups is 1. The summed E-state index contributed by atoms with van der Waals surface area (Å²) in [5, 5.41) is 6.75. The summed E-state index contributed by atoms with van der Waals surface area (Å²) in [6.07, 6.45) is 4.09. The fraction of sp³-hybridized carbons (Fsp3) is 0.667. The number of piperidine rings is 1. The van der Waals surface area contributed by atoms with E-state index in [2.05, 4.69) is 55.5 Å². The predicted molar refractivity (Wildman–Crippen MR) is 95.1 cm³/mol. The van der Waals surface area contributed by atoms with Crippen molar-refractivity contribution in [2.75, 3.05) is 32.7 Å². The van der Waals surface area contributed by atoms with Crippen molar-refractivity contribution in [3.05, 3.63) is 20.8 Å². The molecular weight excluding hydrogens is 348 g/mol. The number of likely N-dealkylation sites (tertiary alicyclic amines) is 1. The van der Waals surface area contributed by atoms with Crippen molar-refractivity contribution in [1.82, 2.24) is 15.5 Å². The van der Waals surface area contributed by atoms with Gasteiger partial charge < -0.3 is 15.5 Å². The number of guanidine groups is 1. The van der Waals surface area contributed by atoms with E-state index in [0.29, 0.717) is 0 Å². The van der Waals surface area contributed by atoms with Gasteiger partial charge in [-0.1, -0.05) is 6.42 Å². The number of halogens is 1. The predicted octanol–water partition coefficient (Wildman–Crippen LogP) is 3.05. The summed E-state index contributed by atoms with van der Waals surface area (Å²) in [7, 11) is 0. The van der Waals surface area contributed by atoms with Gasteiger partial charge in [-0.3, -0.25) is 0 Å². The molecule has 1 fully saturated rings. The van der Waals surface area contributed by atoms with Gasteiger partial charge in [-0.15, -0.1) is 11.3 Å². The van der Waals surface area contributed by atoms with Crippen LogP contribution in [0.5, 0.6) is 0 Å². The van der Waals surface area contributed by atoms with E-state index in [4.69, 9.17) is 0 Å². The molecule has 0 amide bonds. The number of thiophene rings is 1. The molecule has 0 unspecified atom stereocenters. The van der Waals surface area contributed by atoms with Crippen LogP contribution in [0.3, 0.4) is 0 Å². The summed E-state index contributed by atoms with van der Waals surface area (Å²) in [4.78, 5) is 8.46. The molecule has 2 N–H and O–H groups in total. The Morgan fingerprint density at radius 1 is 1.29 bits per heavy atom. The van der Waals surface area contributed by atoms with Crippen LogP contribution in [0.25, 0.3) is 0 Å². The molecule has 0 aromatic carbocycles. The van der Waals surface area contributed by atoms with Gasteiger partial charge in [0.2, 0.25) is 0 Å². The maximum Gasteiger partial charge on any atom is 0.191 e. The molecule has 0 radical (unpaired) electrons. The molecule has 0 saturated carbocycles. The Hall–Kier alpha value is -0.590. The number of hydrogen-bond donors (Lipinski definition) is 2. The van der Waals surface area contributed by atoms with Crippen LogP contribution < -0.4 is 10.6 Å². The van der Waals surface area contributed by atoms with Crippen LogP contribution in [-0.2, 0) is 6.54 Å². The molecular formula is C15H25BrN4S. The minimum atomic E-state index is 0.731. The van der Waals surface area contributed by atoms with Gasteiger partial charge in [-0.2, -0.15) is 0 Å². The molecule has 1 saturated heterocycles. The first-order valence-corrected chi connectivity index (χ1v) is 9.37. The lowest BCUT2D eigenvalue weighted by Crippen LogP contribution is -2.42. The third kappa shape index (κ3) is 6.36. The van der Waals surface area contributed by atoms with E-state index in [1.54, 1.807) is 11.3 Å². The topological polar surface area (TPSA) is 39.7 Å². The highest BCUT2D eigenvalue weighted by Gasteiger charge is 2.09. The summed E-state index contributed by atoms with van der Waals surface area (Å²) in [6, 6.07) is 4.20. The molecule has 2 rings (SSSR count). The average Bonchev–Trinajstić information content (AvgIpc) is 2.91. The molecule has 118 valence electrons. The summed E-state index contributed by atoms with van der Waals surface area (Å²) in [5.74, 6) is 0.916. The van der Waals surface area contributed by atoms with Gasteiger partial charge in [0.1, 0.15) is 0 Å². The lowest BCUT2D eigenvalue weighted by Gasteiger charge is -2.26.